The number of para-hydroxylation sites is 2. The number of hydrogen-bond acceptors (Lipinski definition) is 3. The fourth-order valence-corrected chi connectivity index (χ4v) is 13.2. The van der Waals surface area contributed by atoms with Crippen LogP contribution in [-0.2, 0) is 5.41 Å². The highest BCUT2D eigenvalue weighted by Crippen LogP contribution is 2.50. The highest BCUT2D eigenvalue weighted by atomic mass is 32.1. The van der Waals surface area contributed by atoms with E-state index in [-0.39, 0.29) is 12.1 Å². The zero-order chi connectivity index (χ0) is 46.4. The summed E-state index contributed by atoms with van der Waals surface area (Å²) in [5.41, 5.74) is 16.0. The molecule has 4 nitrogen and oxygen atoms in total. The average molecular weight is 915 g/mol. The first-order chi connectivity index (χ1) is 34.4. The van der Waals surface area contributed by atoms with E-state index >= 15 is 0 Å². The van der Waals surface area contributed by atoms with E-state index in [1.54, 1.807) is 0 Å². The number of fused-ring (bicyclic) bond motifs is 14. The largest absolute Gasteiger partial charge is 0.458 e. The van der Waals surface area contributed by atoms with Crippen molar-refractivity contribution in [2.45, 2.75) is 26.2 Å². The Kier molecular flexibility index (Phi) is 8.27. The van der Waals surface area contributed by atoms with Gasteiger partial charge in [-0.05, 0) is 86.6 Å². The third kappa shape index (κ3) is 5.65. The van der Waals surface area contributed by atoms with Crippen LogP contribution in [0.3, 0.4) is 0 Å². The monoisotopic (exact) mass is 914 g/mol. The van der Waals surface area contributed by atoms with Gasteiger partial charge in [-0.15, -0.1) is 11.3 Å². The Morgan fingerprint density at radius 3 is 1.71 bits per heavy atom. The maximum atomic E-state index is 7.35. The van der Waals surface area contributed by atoms with Crippen molar-refractivity contribution < 1.29 is 9.47 Å². The van der Waals surface area contributed by atoms with E-state index in [9.17, 15) is 0 Å². The number of benzene rings is 10. The standard InChI is InChI=1S/C64H43BN2O2S/c1-64(2,3)48-37-47-59-43(39-19-8-5-9-20-39)24-16-27-53(59)67(62(47)63-60(48)46-23-12-15-28-58(46)70-63)41-30-32-50-55(34-41)69-57-36-42(66-51-25-13-10-21-44(51)45-22-11-14-26-52(45)66)35-56-61(57)65(50)49-31-29-40(33-54(49)68-56)38-17-6-4-7-18-38/h4-37H,1-3H3. The van der Waals surface area contributed by atoms with Crippen molar-refractivity contribution in [1.29, 1.82) is 0 Å². The van der Waals surface area contributed by atoms with Gasteiger partial charge in [0.25, 0.3) is 6.71 Å². The minimum absolute atomic E-state index is 0.0990. The predicted molar refractivity (Wildman–Crippen MR) is 295 cm³/mol. The third-order valence-corrected chi connectivity index (χ3v) is 16.1. The summed E-state index contributed by atoms with van der Waals surface area (Å²) in [6, 6.07) is 75.1. The fraction of sp³-hybridized carbons (Fsp3) is 0.0625. The molecule has 0 saturated heterocycles. The van der Waals surface area contributed by atoms with Crippen LogP contribution >= 0.6 is 11.3 Å². The summed E-state index contributed by atoms with van der Waals surface area (Å²) in [6.45, 7) is 6.94. The third-order valence-electron chi connectivity index (χ3n) is 14.9. The molecule has 70 heavy (non-hydrogen) atoms. The highest BCUT2D eigenvalue weighted by molar-refractivity contribution is 7.26. The van der Waals surface area contributed by atoms with Crippen LogP contribution in [0.2, 0.25) is 0 Å². The summed E-state index contributed by atoms with van der Waals surface area (Å²) in [5.74, 6) is 3.31. The molecular weight excluding hydrogens is 872 g/mol. The van der Waals surface area contributed by atoms with Crippen molar-refractivity contribution in [3.05, 3.63) is 212 Å². The Morgan fingerprint density at radius 1 is 0.429 bits per heavy atom. The van der Waals surface area contributed by atoms with Gasteiger partial charge in [0, 0.05) is 66.4 Å². The Morgan fingerprint density at radius 2 is 1.01 bits per heavy atom. The van der Waals surface area contributed by atoms with Gasteiger partial charge < -0.3 is 18.6 Å². The first-order valence-corrected chi connectivity index (χ1v) is 25.0. The quantitative estimate of drug-likeness (QED) is 0.165. The van der Waals surface area contributed by atoms with E-state index < -0.39 is 0 Å². The van der Waals surface area contributed by atoms with E-state index in [4.69, 9.17) is 9.47 Å². The number of ether oxygens (including phenoxy) is 2. The minimum atomic E-state index is -0.116. The Bertz CT molecular complexity index is 4290. The first kappa shape index (κ1) is 39.7. The molecular formula is C64H43BN2O2S. The number of nitrogens with zero attached hydrogens (tertiary/aromatic N) is 2. The fourth-order valence-electron chi connectivity index (χ4n) is 11.9. The maximum Gasteiger partial charge on any atom is 0.260 e. The molecule has 0 unspecified atom stereocenters. The molecule has 0 spiro atoms. The molecule has 0 aliphatic carbocycles. The summed E-state index contributed by atoms with van der Waals surface area (Å²) >= 11 is 1.90. The van der Waals surface area contributed by atoms with Crippen LogP contribution in [0.1, 0.15) is 26.3 Å². The van der Waals surface area contributed by atoms with Crippen LogP contribution < -0.4 is 25.9 Å². The second-order valence-electron chi connectivity index (χ2n) is 20.0. The Hall–Kier alpha value is -8.32. The van der Waals surface area contributed by atoms with Crippen molar-refractivity contribution in [2.24, 2.45) is 0 Å². The van der Waals surface area contributed by atoms with Gasteiger partial charge in [0.05, 0.1) is 32.5 Å². The normalized spacial score (nSPS) is 13.0. The molecule has 0 amide bonds. The summed E-state index contributed by atoms with van der Waals surface area (Å²) in [6.07, 6.45) is 0. The lowest BCUT2D eigenvalue weighted by Crippen LogP contribution is -2.57. The van der Waals surface area contributed by atoms with Gasteiger partial charge >= 0.3 is 0 Å². The van der Waals surface area contributed by atoms with Gasteiger partial charge in [0.2, 0.25) is 0 Å². The van der Waals surface area contributed by atoms with Crippen molar-refractivity contribution in [1.82, 2.24) is 9.13 Å². The second kappa shape index (κ2) is 14.6. The predicted octanol–water partition coefficient (Wildman–Crippen LogP) is 15.6. The topological polar surface area (TPSA) is 28.3 Å². The lowest BCUT2D eigenvalue weighted by atomic mass is 9.35. The summed E-state index contributed by atoms with van der Waals surface area (Å²) in [7, 11) is 0. The zero-order valence-electron chi connectivity index (χ0n) is 38.8. The highest BCUT2D eigenvalue weighted by Gasteiger charge is 2.41. The number of hydrogen-bond donors (Lipinski definition) is 0. The lowest BCUT2D eigenvalue weighted by molar-refractivity contribution is 0.464. The molecule has 0 radical (unpaired) electrons. The Labute approximate surface area is 409 Å². The summed E-state index contributed by atoms with van der Waals surface area (Å²) in [5, 5.41) is 7.58. The van der Waals surface area contributed by atoms with Crippen LogP contribution in [0.4, 0.5) is 0 Å². The van der Waals surface area contributed by atoms with Gasteiger partial charge in [-0.2, -0.15) is 0 Å². The molecule has 10 aromatic carbocycles. The number of thiophene rings is 1. The molecule has 0 atom stereocenters. The molecule has 2 aliphatic heterocycles. The SMILES string of the molecule is CC(C)(C)c1cc2c3c(-c4ccccc4)cccc3n(-c3ccc4c(c3)Oc3cc(-n5c6ccccc6c6ccccc65)cc5c3B4c3ccc(-c4ccccc4)cc3O5)c2c2sc3ccccc3c12. The molecule has 3 aromatic heterocycles. The van der Waals surface area contributed by atoms with Crippen molar-refractivity contribution >= 4 is 98.2 Å². The molecule has 330 valence electrons. The van der Waals surface area contributed by atoms with Crippen molar-refractivity contribution in [3.63, 3.8) is 0 Å². The molecule has 0 bridgehead atoms. The van der Waals surface area contributed by atoms with Crippen LogP contribution in [0.5, 0.6) is 23.0 Å². The number of rotatable bonds is 4. The molecule has 13 aromatic rings. The van der Waals surface area contributed by atoms with E-state index in [2.05, 4.69) is 236 Å². The molecule has 6 heteroatoms. The maximum absolute atomic E-state index is 7.35. The van der Waals surface area contributed by atoms with Gasteiger partial charge in [-0.1, -0.05) is 166 Å². The van der Waals surface area contributed by atoms with Crippen LogP contribution in [0, 0.1) is 0 Å². The van der Waals surface area contributed by atoms with E-state index in [0.717, 1.165) is 78.4 Å². The van der Waals surface area contributed by atoms with Gasteiger partial charge in [-0.25, -0.2) is 0 Å². The molecule has 15 rings (SSSR count). The van der Waals surface area contributed by atoms with Crippen molar-refractivity contribution in [3.8, 4) is 56.6 Å². The number of aromatic nitrogens is 2. The summed E-state index contributed by atoms with van der Waals surface area (Å²) in [4.78, 5) is 0. The van der Waals surface area contributed by atoms with Crippen LogP contribution in [0.25, 0.3) is 97.4 Å². The molecule has 0 N–H and O–H groups in total. The molecule has 2 aliphatic rings. The smallest absolute Gasteiger partial charge is 0.260 e. The minimum Gasteiger partial charge on any atom is -0.458 e. The molecule has 5 heterocycles. The average Bonchev–Trinajstić information content (AvgIpc) is 4.06. The van der Waals surface area contributed by atoms with Gasteiger partial charge in [0.15, 0.2) is 0 Å². The van der Waals surface area contributed by atoms with Crippen molar-refractivity contribution in [2.75, 3.05) is 0 Å². The van der Waals surface area contributed by atoms with E-state index in [0.29, 0.717) is 0 Å². The molecule has 0 fully saturated rings. The first-order valence-electron chi connectivity index (χ1n) is 24.2. The second-order valence-corrected chi connectivity index (χ2v) is 21.0. The Balaban J connectivity index is 1.01. The summed E-state index contributed by atoms with van der Waals surface area (Å²) < 4.78 is 21.9. The van der Waals surface area contributed by atoms with E-state index in [1.807, 2.05) is 11.3 Å². The van der Waals surface area contributed by atoms with E-state index in [1.165, 1.54) is 63.9 Å². The van der Waals surface area contributed by atoms with Gasteiger partial charge in [-0.3, -0.25) is 0 Å². The van der Waals surface area contributed by atoms with Crippen LogP contribution in [-0.4, -0.2) is 15.8 Å². The lowest BCUT2D eigenvalue weighted by Gasteiger charge is -2.34. The van der Waals surface area contributed by atoms with Gasteiger partial charge in [0.1, 0.15) is 23.0 Å². The van der Waals surface area contributed by atoms with Crippen LogP contribution in [0.15, 0.2) is 206 Å². The molecule has 0 saturated carbocycles. The zero-order valence-corrected chi connectivity index (χ0v) is 39.6.